The second-order valence-corrected chi connectivity index (χ2v) is 7.75. The summed E-state index contributed by atoms with van der Waals surface area (Å²) in [6, 6.07) is 5.39. The molecule has 26 heavy (non-hydrogen) atoms. The molecule has 0 radical (unpaired) electrons. The first kappa shape index (κ1) is 19.8. The average molecular weight is 360 g/mol. The predicted octanol–water partition coefficient (Wildman–Crippen LogP) is 1.85. The zero-order valence-corrected chi connectivity index (χ0v) is 15.4. The summed E-state index contributed by atoms with van der Waals surface area (Å²) in [6.07, 6.45) is 0.00249. The van der Waals surface area contributed by atoms with Crippen molar-refractivity contribution >= 4 is 23.6 Å². The van der Waals surface area contributed by atoms with Gasteiger partial charge >= 0.3 is 5.97 Å². The smallest absolute Gasteiger partial charge is 0.311 e. The van der Waals surface area contributed by atoms with Gasteiger partial charge < -0.3 is 10.8 Å². The van der Waals surface area contributed by atoms with Gasteiger partial charge in [0.05, 0.1) is 28.1 Å². The molecule has 0 aliphatic carbocycles. The van der Waals surface area contributed by atoms with Gasteiger partial charge in [-0.1, -0.05) is 12.1 Å². The van der Waals surface area contributed by atoms with Crippen LogP contribution in [0.15, 0.2) is 24.3 Å². The summed E-state index contributed by atoms with van der Waals surface area (Å²) in [7, 11) is 0. The highest BCUT2D eigenvalue weighted by atomic mass is 16.4. The Morgan fingerprint density at radius 3 is 1.92 bits per heavy atom. The minimum absolute atomic E-state index is 0.0295. The molecule has 1 unspecified atom stereocenters. The third kappa shape index (κ3) is 3.39. The van der Waals surface area contributed by atoms with Gasteiger partial charge in [0, 0.05) is 6.42 Å². The number of carboxylic acid groups (broad SMARTS) is 1. The fourth-order valence-electron chi connectivity index (χ4n) is 3.04. The summed E-state index contributed by atoms with van der Waals surface area (Å²) < 4.78 is 0. The van der Waals surface area contributed by atoms with Crippen LogP contribution < -0.4 is 5.73 Å². The number of hydrogen-bond acceptors (Lipinski definition) is 5. The van der Waals surface area contributed by atoms with Gasteiger partial charge in [-0.05, 0) is 46.2 Å². The largest absolute Gasteiger partial charge is 0.481 e. The van der Waals surface area contributed by atoms with Crippen LogP contribution in [0.4, 0.5) is 0 Å². The minimum Gasteiger partial charge on any atom is -0.481 e. The lowest BCUT2D eigenvalue weighted by atomic mass is 9.79. The van der Waals surface area contributed by atoms with Crippen LogP contribution in [-0.4, -0.2) is 45.2 Å². The number of nitrogens with zero attached hydrogens (tertiary/aromatic N) is 1. The number of nitrogens with two attached hydrogens (primary N) is 1. The maximum absolute atomic E-state index is 12.8. The summed E-state index contributed by atoms with van der Waals surface area (Å²) in [6.45, 7) is 6.02. The first-order valence-electron chi connectivity index (χ1n) is 8.41. The Kier molecular flexibility index (Phi) is 5.05. The molecule has 2 rings (SSSR count). The van der Waals surface area contributed by atoms with Crippen molar-refractivity contribution in [2.75, 3.05) is 0 Å². The first-order chi connectivity index (χ1) is 11.9. The number of rotatable bonds is 7. The van der Waals surface area contributed by atoms with Crippen molar-refractivity contribution in [1.29, 1.82) is 0 Å². The Morgan fingerprint density at radius 2 is 1.54 bits per heavy atom. The molecule has 3 N–H and O–H groups in total. The van der Waals surface area contributed by atoms with E-state index >= 15 is 0 Å². The van der Waals surface area contributed by atoms with Crippen molar-refractivity contribution in [3.8, 4) is 0 Å². The van der Waals surface area contributed by atoms with Crippen LogP contribution in [0.25, 0.3) is 0 Å². The van der Waals surface area contributed by atoms with Crippen molar-refractivity contribution in [2.45, 2.75) is 52.1 Å². The second kappa shape index (κ2) is 6.64. The fourth-order valence-corrected chi connectivity index (χ4v) is 3.04. The van der Waals surface area contributed by atoms with Crippen LogP contribution in [0.3, 0.4) is 0 Å². The van der Waals surface area contributed by atoms with Crippen LogP contribution >= 0.6 is 0 Å². The topological polar surface area (TPSA) is 118 Å². The van der Waals surface area contributed by atoms with E-state index in [0.29, 0.717) is 0 Å². The Bertz CT molecular complexity index is 741. The van der Waals surface area contributed by atoms with Gasteiger partial charge in [0.15, 0.2) is 5.78 Å². The van der Waals surface area contributed by atoms with E-state index in [1.54, 1.807) is 26.0 Å². The molecule has 0 saturated carbocycles. The Morgan fingerprint density at radius 1 is 1.08 bits per heavy atom. The molecular formula is C19H24N2O5. The van der Waals surface area contributed by atoms with E-state index in [9.17, 15) is 24.3 Å². The zero-order chi connectivity index (χ0) is 19.9. The van der Waals surface area contributed by atoms with Gasteiger partial charge in [0.1, 0.15) is 0 Å². The lowest BCUT2D eigenvalue weighted by Crippen LogP contribution is -2.52. The molecule has 1 atom stereocenters. The minimum atomic E-state index is -1.42. The van der Waals surface area contributed by atoms with E-state index in [1.165, 1.54) is 26.0 Å². The number of hydrogen-bond donors (Lipinski definition) is 2. The quantitative estimate of drug-likeness (QED) is 0.717. The summed E-state index contributed by atoms with van der Waals surface area (Å²) in [4.78, 5) is 50.5. The number of carbonyl (C=O) groups is 4. The second-order valence-electron chi connectivity index (χ2n) is 7.75. The van der Waals surface area contributed by atoms with Crippen molar-refractivity contribution in [3.05, 3.63) is 35.4 Å². The number of benzene rings is 1. The number of imide groups is 1. The van der Waals surface area contributed by atoms with E-state index < -0.39 is 34.8 Å². The molecule has 140 valence electrons. The van der Waals surface area contributed by atoms with Crippen LogP contribution in [-0.2, 0) is 9.59 Å². The Labute approximate surface area is 152 Å². The molecule has 0 spiro atoms. The fraction of sp³-hybridized carbons (Fsp3) is 0.474. The highest BCUT2D eigenvalue weighted by Gasteiger charge is 2.48. The molecule has 2 amide bonds. The SMILES string of the molecule is CC(C)(N)C(=O)CCC(N1C(=O)c2ccccc2C1=O)C(C)(C)C(=O)O. The first-order valence-corrected chi connectivity index (χ1v) is 8.41. The maximum Gasteiger partial charge on any atom is 0.311 e. The average Bonchev–Trinajstić information content (AvgIpc) is 2.79. The number of Topliss-reactive ketones (excluding diaryl/α,β-unsaturated/α-hetero) is 1. The molecule has 1 aromatic rings. The van der Waals surface area contributed by atoms with Gasteiger partial charge in [-0.25, -0.2) is 0 Å². The molecule has 1 aliphatic heterocycles. The van der Waals surface area contributed by atoms with Crippen LogP contribution in [0.5, 0.6) is 0 Å². The summed E-state index contributed by atoms with van der Waals surface area (Å²) in [5, 5.41) is 9.63. The normalized spacial score (nSPS) is 15.8. The lowest BCUT2D eigenvalue weighted by molar-refractivity contribution is -0.150. The van der Waals surface area contributed by atoms with Crippen LogP contribution in [0, 0.1) is 5.41 Å². The van der Waals surface area contributed by atoms with E-state index in [-0.39, 0.29) is 29.8 Å². The predicted molar refractivity (Wildman–Crippen MR) is 94.7 cm³/mol. The van der Waals surface area contributed by atoms with Gasteiger partial charge in [0.25, 0.3) is 11.8 Å². The van der Waals surface area contributed by atoms with Crippen molar-refractivity contribution < 1.29 is 24.3 Å². The summed E-state index contributed by atoms with van der Waals surface area (Å²) in [5.41, 5.74) is 3.79. The zero-order valence-electron chi connectivity index (χ0n) is 15.4. The molecule has 7 nitrogen and oxygen atoms in total. The Balaban J connectivity index is 2.40. The Hall–Kier alpha value is -2.54. The summed E-state index contributed by atoms with van der Waals surface area (Å²) >= 11 is 0. The number of amides is 2. The monoisotopic (exact) mass is 360 g/mol. The molecular weight excluding hydrogens is 336 g/mol. The third-order valence-electron chi connectivity index (χ3n) is 4.88. The highest BCUT2D eigenvalue weighted by molar-refractivity contribution is 6.21. The number of ketones is 1. The molecule has 1 aromatic carbocycles. The van der Waals surface area contributed by atoms with E-state index in [2.05, 4.69) is 0 Å². The van der Waals surface area contributed by atoms with Gasteiger partial charge in [-0.3, -0.25) is 24.1 Å². The van der Waals surface area contributed by atoms with E-state index in [4.69, 9.17) is 5.73 Å². The number of aliphatic carboxylic acids is 1. The van der Waals surface area contributed by atoms with E-state index in [0.717, 1.165) is 4.90 Å². The molecule has 1 heterocycles. The number of carboxylic acids is 1. The molecule has 0 bridgehead atoms. The highest BCUT2D eigenvalue weighted by Crippen LogP contribution is 2.35. The van der Waals surface area contributed by atoms with Gasteiger partial charge in [-0.15, -0.1) is 0 Å². The van der Waals surface area contributed by atoms with Crippen molar-refractivity contribution in [1.82, 2.24) is 4.90 Å². The molecule has 0 saturated heterocycles. The lowest BCUT2D eigenvalue weighted by Gasteiger charge is -2.36. The molecule has 0 fully saturated rings. The van der Waals surface area contributed by atoms with Crippen LogP contribution in [0.1, 0.15) is 61.3 Å². The van der Waals surface area contributed by atoms with Crippen molar-refractivity contribution in [2.24, 2.45) is 11.1 Å². The van der Waals surface area contributed by atoms with Gasteiger partial charge in [-0.2, -0.15) is 0 Å². The van der Waals surface area contributed by atoms with Crippen LogP contribution in [0.2, 0.25) is 0 Å². The molecule has 0 aromatic heterocycles. The molecule has 7 heteroatoms. The maximum atomic E-state index is 12.8. The van der Waals surface area contributed by atoms with Crippen molar-refractivity contribution in [3.63, 3.8) is 0 Å². The van der Waals surface area contributed by atoms with Gasteiger partial charge in [0.2, 0.25) is 0 Å². The standard InChI is InChI=1S/C19H24N2O5/c1-18(2,17(25)26)13(9-10-14(22)19(3,4)20)21-15(23)11-7-5-6-8-12(11)16(21)24/h5-8,13H,9-10,20H2,1-4H3,(H,25,26). The number of fused-ring (bicyclic) bond motifs is 1. The third-order valence-corrected chi connectivity index (χ3v) is 4.88. The molecule has 1 aliphatic rings. The number of carbonyl (C=O) groups excluding carboxylic acids is 3. The van der Waals surface area contributed by atoms with E-state index in [1.807, 2.05) is 0 Å². The summed E-state index contributed by atoms with van der Waals surface area (Å²) in [5.74, 6) is -2.49.